The van der Waals surface area contributed by atoms with Gasteiger partial charge in [0.15, 0.2) is 0 Å². The molecular weight excluding hydrogens is 226 g/mol. The van der Waals surface area contributed by atoms with Gasteiger partial charge in [0.2, 0.25) is 5.91 Å². The van der Waals surface area contributed by atoms with Crippen LogP contribution < -0.4 is 16.0 Å². The monoisotopic (exact) mass is 247 g/mol. The maximum absolute atomic E-state index is 12.0. The van der Waals surface area contributed by atoms with Crippen molar-refractivity contribution in [2.24, 2.45) is 0 Å². The molecule has 0 aromatic heterocycles. The van der Waals surface area contributed by atoms with Gasteiger partial charge in [-0.3, -0.25) is 4.79 Å². The first-order valence-corrected chi connectivity index (χ1v) is 6.54. The van der Waals surface area contributed by atoms with E-state index in [4.69, 9.17) is 0 Å². The fraction of sp³-hybridized carbons (Fsp3) is 0.500. The summed E-state index contributed by atoms with van der Waals surface area (Å²) >= 11 is 0. The summed E-state index contributed by atoms with van der Waals surface area (Å²) in [5.41, 5.74) is 1.25. The lowest BCUT2D eigenvalue weighted by Crippen LogP contribution is -2.57. The molecule has 1 aliphatic heterocycles. The zero-order chi connectivity index (χ0) is 12.8. The van der Waals surface area contributed by atoms with E-state index in [9.17, 15) is 4.79 Å². The Kier molecular flexibility index (Phi) is 4.73. The van der Waals surface area contributed by atoms with Crippen LogP contribution in [0, 0.1) is 0 Å². The predicted octanol–water partition coefficient (Wildman–Crippen LogP) is 0.295. The van der Waals surface area contributed by atoms with Crippen molar-refractivity contribution in [2.45, 2.75) is 25.4 Å². The van der Waals surface area contributed by atoms with Crippen molar-refractivity contribution in [3.05, 3.63) is 35.9 Å². The number of benzene rings is 1. The summed E-state index contributed by atoms with van der Waals surface area (Å²) in [6.45, 7) is 4.54. The SMILES string of the molecule is CC(Cc1ccccc1)NC(=O)C1CNCCN1. The number of hydrogen-bond acceptors (Lipinski definition) is 3. The van der Waals surface area contributed by atoms with Crippen LogP contribution in [0.15, 0.2) is 30.3 Å². The van der Waals surface area contributed by atoms with Crippen molar-refractivity contribution in [3.8, 4) is 0 Å². The van der Waals surface area contributed by atoms with Crippen LogP contribution in [-0.4, -0.2) is 37.6 Å². The highest BCUT2D eigenvalue weighted by Crippen LogP contribution is 2.03. The molecular formula is C14H21N3O. The van der Waals surface area contributed by atoms with E-state index in [-0.39, 0.29) is 18.0 Å². The number of carbonyl (C=O) groups excluding carboxylic acids is 1. The van der Waals surface area contributed by atoms with Crippen LogP contribution >= 0.6 is 0 Å². The van der Waals surface area contributed by atoms with Crippen LogP contribution in [0.4, 0.5) is 0 Å². The molecule has 2 atom stereocenters. The van der Waals surface area contributed by atoms with Gasteiger partial charge < -0.3 is 16.0 Å². The first-order chi connectivity index (χ1) is 8.75. The molecule has 0 aliphatic carbocycles. The minimum atomic E-state index is -0.100. The Labute approximate surface area is 108 Å². The van der Waals surface area contributed by atoms with Gasteiger partial charge in [0.1, 0.15) is 0 Å². The third-order valence-electron chi connectivity index (χ3n) is 3.13. The summed E-state index contributed by atoms with van der Waals surface area (Å²) in [6, 6.07) is 10.3. The van der Waals surface area contributed by atoms with E-state index < -0.39 is 0 Å². The van der Waals surface area contributed by atoms with Crippen molar-refractivity contribution >= 4 is 5.91 Å². The van der Waals surface area contributed by atoms with Gasteiger partial charge in [0.05, 0.1) is 6.04 Å². The molecule has 4 heteroatoms. The van der Waals surface area contributed by atoms with E-state index in [0.717, 1.165) is 19.5 Å². The molecule has 0 bridgehead atoms. The van der Waals surface area contributed by atoms with Gasteiger partial charge in [0, 0.05) is 25.7 Å². The number of hydrogen-bond donors (Lipinski definition) is 3. The molecule has 18 heavy (non-hydrogen) atoms. The number of amides is 1. The molecule has 0 saturated carbocycles. The highest BCUT2D eigenvalue weighted by atomic mass is 16.2. The van der Waals surface area contributed by atoms with Gasteiger partial charge in [-0.1, -0.05) is 30.3 Å². The zero-order valence-corrected chi connectivity index (χ0v) is 10.8. The summed E-state index contributed by atoms with van der Waals surface area (Å²) in [5, 5.41) is 9.49. The summed E-state index contributed by atoms with van der Waals surface area (Å²) < 4.78 is 0. The molecule has 1 amide bonds. The predicted molar refractivity (Wildman–Crippen MR) is 72.4 cm³/mol. The summed E-state index contributed by atoms with van der Waals surface area (Å²) in [6.07, 6.45) is 0.868. The summed E-state index contributed by atoms with van der Waals surface area (Å²) in [5.74, 6) is 0.0885. The molecule has 2 rings (SSSR count). The Hall–Kier alpha value is -1.39. The van der Waals surface area contributed by atoms with Crippen molar-refractivity contribution in [1.29, 1.82) is 0 Å². The minimum Gasteiger partial charge on any atom is -0.352 e. The quantitative estimate of drug-likeness (QED) is 0.717. The third kappa shape index (κ3) is 3.82. The molecule has 2 unspecified atom stereocenters. The molecule has 1 aliphatic rings. The lowest BCUT2D eigenvalue weighted by atomic mass is 10.1. The first-order valence-electron chi connectivity index (χ1n) is 6.54. The van der Waals surface area contributed by atoms with Crippen LogP contribution in [-0.2, 0) is 11.2 Å². The lowest BCUT2D eigenvalue weighted by molar-refractivity contribution is -0.123. The van der Waals surface area contributed by atoms with Gasteiger partial charge in [-0.2, -0.15) is 0 Å². The van der Waals surface area contributed by atoms with Crippen molar-refractivity contribution < 1.29 is 4.79 Å². The van der Waals surface area contributed by atoms with Gasteiger partial charge in [-0.05, 0) is 18.9 Å². The second-order valence-corrected chi connectivity index (χ2v) is 4.81. The van der Waals surface area contributed by atoms with Crippen LogP contribution in [0.2, 0.25) is 0 Å². The average molecular weight is 247 g/mol. The maximum Gasteiger partial charge on any atom is 0.238 e. The maximum atomic E-state index is 12.0. The first kappa shape index (κ1) is 13.1. The standard InChI is InChI=1S/C14H21N3O/c1-11(9-12-5-3-2-4-6-12)17-14(18)13-10-15-7-8-16-13/h2-6,11,13,15-16H,7-10H2,1H3,(H,17,18). The van der Waals surface area contributed by atoms with Crippen molar-refractivity contribution in [1.82, 2.24) is 16.0 Å². The second-order valence-electron chi connectivity index (χ2n) is 4.81. The van der Waals surface area contributed by atoms with Crippen LogP contribution in [0.1, 0.15) is 12.5 Å². The average Bonchev–Trinajstić information content (AvgIpc) is 2.40. The normalized spacial score (nSPS) is 21.3. The Morgan fingerprint density at radius 3 is 2.83 bits per heavy atom. The third-order valence-corrected chi connectivity index (χ3v) is 3.13. The topological polar surface area (TPSA) is 53.2 Å². The van der Waals surface area contributed by atoms with Crippen molar-refractivity contribution in [3.63, 3.8) is 0 Å². The van der Waals surface area contributed by atoms with Crippen LogP contribution in [0.3, 0.4) is 0 Å². The number of carbonyl (C=O) groups is 1. The molecule has 98 valence electrons. The Morgan fingerprint density at radius 1 is 1.39 bits per heavy atom. The highest BCUT2D eigenvalue weighted by Gasteiger charge is 2.21. The molecule has 3 N–H and O–H groups in total. The van der Waals surface area contributed by atoms with E-state index in [1.54, 1.807) is 0 Å². The van der Waals surface area contributed by atoms with E-state index in [2.05, 4.69) is 28.1 Å². The minimum absolute atomic E-state index is 0.0885. The van der Waals surface area contributed by atoms with E-state index in [1.807, 2.05) is 25.1 Å². The molecule has 1 aromatic carbocycles. The Bertz CT molecular complexity index is 374. The van der Waals surface area contributed by atoms with Crippen LogP contribution in [0.5, 0.6) is 0 Å². The number of rotatable bonds is 4. The van der Waals surface area contributed by atoms with E-state index in [1.165, 1.54) is 5.56 Å². The highest BCUT2D eigenvalue weighted by molar-refractivity contribution is 5.82. The van der Waals surface area contributed by atoms with Crippen LogP contribution in [0.25, 0.3) is 0 Å². The number of nitrogens with one attached hydrogen (secondary N) is 3. The number of piperazine rings is 1. The fourth-order valence-electron chi connectivity index (χ4n) is 2.20. The van der Waals surface area contributed by atoms with E-state index >= 15 is 0 Å². The lowest BCUT2D eigenvalue weighted by Gasteiger charge is -2.25. The molecule has 1 heterocycles. The van der Waals surface area contributed by atoms with Gasteiger partial charge >= 0.3 is 0 Å². The molecule has 4 nitrogen and oxygen atoms in total. The van der Waals surface area contributed by atoms with Crippen molar-refractivity contribution in [2.75, 3.05) is 19.6 Å². The van der Waals surface area contributed by atoms with E-state index in [0.29, 0.717) is 6.54 Å². The van der Waals surface area contributed by atoms with Gasteiger partial charge in [-0.15, -0.1) is 0 Å². The van der Waals surface area contributed by atoms with Gasteiger partial charge in [0.25, 0.3) is 0 Å². The summed E-state index contributed by atoms with van der Waals surface area (Å²) in [4.78, 5) is 12.0. The smallest absolute Gasteiger partial charge is 0.238 e. The Morgan fingerprint density at radius 2 is 2.17 bits per heavy atom. The summed E-state index contributed by atoms with van der Waals surface area (Å²) in [7, 11) is 0. The van der Waals surface area contributed by atoms with Gasteiger partial charge in [-0.25, -0.2) is 0 Å². The molecule has 1 saturated heterocycles. The molecule has 1 fully saturated rings. The molecule has 0 radical (unpaired) electrons. The molecule has 1 aromatic rings. The Balaban J connectivity index is 1.79. The second kappa shape index (κ2) is 6.52. The molecule has 0 spiro atoms. The zero-order valence-electron chi connectivity index (χ0n) is 10.8. The fourth-order valence-corrected chi connectivity index (χ4v) is 2.20. The largest absolute Gasteiger partial charge is 0.352 e.